The average Bonchev–Trinajstić information content (AvgIpc) is 3.16. The highest BCUT2D eigenvalue weighted by Gasteiger charge is 2.25. The lowest BCUT2D eigenvalue weighted by molar-refractivity contribution is -0.154. The van der Waals surface area contributed by atoms with Gasteiger partial charge in [0.25, 0.3) is 0 Å². The third-order valence-electron chi connectivity index (χ3n) is 7.69. The van der Waals surface area contributed by atoms with Crippen molar-refractivity contribution in [2.45, 2.75) is 136 Å². The molecule has 8 nitrogen and oxygen atoms in total. The van der Waals surface area contributed by atoms with Crippen LogP contribution in [-0.2, 0) is 27.9 Å². The van der Waals surface area contributed by atoms with E-state index < -0.39 is 13.9 Å². The van der Waals surface area contributed by atoms with Crippen molar-refractivity contribution in [1.29, 1.82) is 0 Å². The molecule has 0 aliphatic heterocycles. The minimum absolute atomic E-state index is 0.0733. The number of carbonyl (C=O) groups excluding carboxylic acids is 1. The molecule has 0 fully saturated rings. The maximum absolute atomic E-state index is 12.5. The van der Waals surface area contributed by atoms with Crippen LogP contribution in [0, 0.1) is 0 Å². The maximum Gasteiger partial charge on any atom is 0.472 e. The van der Waals surface area contributed by atoms with E-state index in [1.165, 1.54) is 0 Å². The lowest BCUT2D eigenvalue weighted by Crippen LogP contribution is -2.28. The minimum Gasteiger partial charge on any atom is -0.457 e. The van der Waals surface area contributed by atoms with Gasteiger partial charge in [-0.15, -0.1) is 0 Å². The summed E-state index contributed by atoms with van der Waals surface area (Å²) < 4.78 is 33.3. The van der Waals surface area contributed by atoms with Gasteiger partial charge in [0.05, 0.1) is 19.8 Å². The minimum atomic E-state index is -4.30. The summed E-state index contributed by atoms with van der Waals surface area (Å²) in [6.45, 7) is 4.52. The molecule has 2 atom stereocenters. The number of phosphoric acid groups is 1. The van der Waals surface area contributed by atoms with Crippen LogP contribution in [0.3, 0.4) is 0 Å². The number of ether oxygens (including phenoxy) is 2. The molecule has 0 bridgehead atoms. The first-order valence-corrected chi connectivity index (χ1v) is 21.9. The van der Waals surface area contributed by atoms with Crippen LogP contribution < -0.4 is 5.73 Å². The topological polar surface area (TPSA) is 117 Å². The van der Waals surface area contributed by atoms with Crippen LogP contribution in [-0.4, -0.2) is 49.9 Å². The number of phosphoric ester groups is 1. The normalized spacial score (nSPS) is 14.7. The molecule has 2 unspecified atom stereocenters. The third-order valence-corrected chi connectivity index (χ3v) is 8.67. The van der Waals surface area contributed by atoms with Gasteiger partial charge in [0.15, 0.2) is 0 Å². The van der Waals surface area contributed by atoms with E-state index in [0.29, 0.717) is 13.0 Å². The number of unbranched alkanes of at least 4 members (excludes halogenated alkanes) is 6. The Morgan fingerprint density at radius 2 is 0.981 bits per heavy atom. The van der Waals surface area contributed by atoms with Crippen molar-refractivity contribution in [3.8, 4) is 0 Å². The number of hydrogen-bond acceptors (Lipinski definition) is 7. The molecule has 0 spiro atoms. The Labute approximate surface area is 329 Å². The fourth-order valence-electron chi connectivity index (χ4n) is 4.78. The second-order valence-corrected chi connectivity index (χ2v) is 14.2. The van der Waals surface area contributed by atoms with Crippen molar-refractivity contribution in [2.24, 2.45) is 5.73 Å². The molecule has 0 aromatic carbocycles. The van der Waals surface area contributed by atoms with Gasteiger partial charge >= 0.3 is 13.8 Å². The molecular formula is C45H74NO7P. The van der Waals surface area contributed by atoms with E-state index in [9.17, 15) is 14.3 Å². The Bertz CT molecular complexity index is 1180. The van der Waals surface area contributed by atoms with Crippen LogP contribution in [0.2, 0.25) is 0 Å². The molecule has 0 aromatic heterocycles. The van der Waals surface area contributed by atoms with Crippen molar-refractivity contribution >= 4 is 13.8 Å². The Morgan fingerprint density at radius 1 is 0.556 bits per heavy atom. The van der Waals surface area contributed by atoms with E-state index in [-0.39, 0.29) is 38.8 Å². The lowest BCUT2D eigenvalue weighted by atomic mass is 10.1. The van der Waals surface area contributed by atoms with E-state index in [4.69, 9.17) is 24.3 Å². The molecule has 0 aliphatic carbocycles. The zero-order chi connectivity index (χ0) is 39.5. The summed E-state index contributed by atoms with van der Waals surface area (Å²) in [5.74, 6) is -0.378. The summed E-state index contributed by atoms with van der Waals surface area (Å²) in [4.78, 5) is 22.4. The number of esters is 1. The standard InChI is InChI=1S/C45H74NO7P/c1-3-5-7-9-11-13-15-17-18-19-20-21-22-23-24-25-27-29-31-33-35-37-40-50-42-44(43-52-54(48,49)51-41-39-46)53-45(47)38-36-34-32-30-28-26-16-14-12-10-8-6-4-2/h5-8,11-14,17-18,20-21,23-24,26-29,44H,3-4,9-10,15-16,19,22,25,30-43,46H2,1-2H3,(H,48,49)/b7-5-,8-6-,13-11-,14-12-,18-17-,21-20-,24-23-,28-26-,29-27-. The number of nitrogens with two attached hydrogens (primary N) is 1. The first-order valence-electron chi connectivity index (χ1n) is 20.4. The van der Waals surface area contributed by atoms with E-state index in [1.807, 2.05) is 0 Å². The van der Waals surface area contributed by atoms with E-state index >= 15 is 0 Å². The number of rotatable bonds is 37. The SMILES string of the molecule is CC/C=C\C/C=C\C/C=C\C/C=C\C/C=C\C/C=C\CCCCCOCC(COP(=O)(O)OCCN)OC(=O)CCCCC/C=C\C/C=C\C/C=C\CC. The van der Waals surface area contributed by atoms with Crippen LogP contribution in [0.25, 0.3) is 0 Å². The molecule has 3 N–H and O–H groups in total. The van der Waals surface area contributed by atoms with Crippen LogP contribution >= 0.6 is 7.82 Å². The van der Waals surface area contributed by atoms with Crippen LogP contribution in [0.1, 0.15) is 129 Å². The van der Waals surface area contributed by atoms with Gasteiger partial charge < -0.3 is 20.1 Å². The first-order chi connectivity index (χ1) is 26.4. The first kappa shape index (κ1) is 51.2. The molecule has 0 radical (unpaired) electrons. The summed E-state index contributed by atoms with van der Waals surface area (Å²) in [7, 11) is -4.30. The third kappa shape index (κ3) is 40.3. The summed E-state index contributed by atoms with van der Waals surface area (Å²) in [6.07, 6.45) is 55.4. The molecule has 0 rings (SSSR count). The van der Waals surface area contributed by atoms with Crippen molar-refractivity contribution in [1.82, 2.24) is 0 Å². The molecule has 54 heavy (non-hydrogen) atoms. The highest BCUT2D eigenvalue weighted by molar-refractivity contribution is 7.47. The van der Waals surface area contributed by atoms with Crippen molar-refractivity contribution < 1.29 is 32.8 Å². The second kappa shape index (κ2) is 41.3. The lowest BCUT2D eigenvalue weighted by Gasteiger charge is -2.20. The van der Waals surface area contributed by atoms with E-state index in [0.717, 1.165) is 103 Å². The Hall–Kier alpha value is -2.84. The highest BCUT2D eigenvalue weighted by atomic mass is 31.2. The van der Waals surface area contributed by atoms with Gasteiger partial charge in [-0.1, -0.05) is 136 Å². The molecule has 0 aliphatic rings. The summed E-state index contributed by atoms with van der Waals surface area (Å²) in [5, 5.41) is 0. The van der Waals surface area contributed by atoms with Gasteiger partial charge in [0.2, 0.25) is 0 Å². The Morgan fingerprint density at radius 3 is 1.43 bits per heavy atom. The summed E-state index contributed by atoms with van der Waals surface area (Å²) in [5.41, 5.74) is 5.35. The van der Waals surface area contributed by atoms with E-state index in [2.05, 4.69) is 123 Å². The van der Waals surface area contributed by atoms with Gasteiger partial charge in [0.1, 0.15) is 6.10 Å². The predicted octanol–water partition coefficient (Wildman–Crippen LogP) is 12.1. The zero-order valence-electron chi connectivity index (χ0n) is 33.7. The largest absolute Gasteiger partial charge is 0.472 e. The molecule has 0 saturated carbocycles. The quantitative estimate of drug-likeness (QED) is 0.0277. The summed E-state index contributed by atoms with van der Waals surface area (Å²) in [6, 6.07) is 0. The molecule has 0 heterocycles. The molecule has 9 heteroatoms. The number of hydrogen-bond donors (Lipinski definition) is 2. The smallest absolute Gasteiger partial charge is 0.457 e. The van der Waals surface area contributed by atoms with Crippen molar-refractivity contribution in [3.63, 3.8) is 0 Å². The molecule has 0 aromatic rings. The molecule has 0 amide bonds. The van der Waals surface area contributed by atoms with Crippen LogP contribution in [0.15, 0.2) is 109 Å². The van der Waals surface area contributed by atoms with Gasteiger partial charge in [-0.05, 0) is 96.3 Å². The van der Waals surface area contributed by atoms with E-state index in [1.54, 1.807) is 0 Å². The number of allylic oxidation sites excluding steroid dienone is 18. The fraction of sp³-hybridized carbons (Fsp3) is 0.578. The molecular weight excluding hydrogens is 697 g/mol. The van der Waals surface area contributed by atoms with Crippen molar-refractivity contribution in [3.05, 3.63) is 109 Å². The average molecular weight is 772 g/mol. The Kier molecular flexibility index (Phi) is 39.2. The molecule has 0 saturated heterocycles. The predicted molar refractivity (Wildman–Crippen MR) is 228 cm³/mol. The maximum atomic E-state index is 12.5. The number of carbonyl (C=O) groups is 1. The van der Waals surface area contributed by atoms with Gasteiger partial charge in [-0.25, -0.2) is 4.57 Å². The van der Waals surface area contributed by atoms with Crippen LogP contribution in [0.4, 0.5) is 0 Å². The highest BCUT2D eigenvalue weighted by Crippen LogP contribution is 2.43. The fourth-order valence-corrected chi connectivity index (χ4v) is 5.54. The van der Waals surface area contributed by atoms with Gasteiger partial charge in [-0.2, -0.15) is 0 Å². The van der Waals surface area contributed by atoms with Gasteiger partial charge in [0, 0.05) is 19.6 Å². The Balaban J connectivity index is 4.19. The molecule has 306 valence electrons. The van der Waals surface area contributed by atoms with Crippen molar-refractivity contribution in [2.75, 3.05) is 33.0 Å². The summed E-state index contributed by atoms with van der Waals surface area (Å²) >= 11 is 0. The second-order valence-electron chi connectivity index (χ2n) is 12.7. The zero-order valence-corrected chi connectivity index (χ0v) is 34.5. The van der Waals surface area contributed by atoms with Crippen LogP contribution in [0.5, 0.6) is 0 Å². The monoisotopic (exact) mass is 772 g/mol. The van der Waals surface area contributed by atoms with Gasteiger partial charge in [-0.3, -0.25) is 13.8 Å².